The lowest BCUT2D eigenvalue weighted by Gasteiger charge is -2.22. The first-order valence-electron chi connectivity index (χ1n) is 9.28. The van der Waals surface area contributed by atoms with E-state index in [1.807, 2.05) is 44.0 Å². The standard InChI is InChI=1S/C20H27N5O/c1-4-25(20(26)24-10-13(2)22-3)12-15-8-16(15)18-11-23-19-6-5-14(9-21)7-17(18)19/h5-7,11,13,15-16,22-23H,4,8,10,12H2,1-3H3,(H,24,26)/t13?,15-,16+/m0/s1. The van der Waals surface area contributed by atoms with E-state index in [1.54, 1.807) is 0 Å². The van der Waals surface area contributed by atoms with Crippen LogP contribution < -0.4 is 10.6 Å². The number of nitrogens with one attached hydrogen (secondary N) is 3. The lowest BCUT2D eigenvalue weighted by molar-refractivity contribution is 0.197. The summed E-state index contributed by atoms with van der Waals surface area (Å²) < 4.78 is 0. The molecule has 1 heterocycles. The zero-order valence-corrected chi connectivity index (χ0v) is 15.7. The third-order valence-corrected chi connectivity index (χ3v) is 5.34. The number of fused-ring (bicyclic) bond motifs is 1. The maximum absolute atomic E-state index is 12.4. The molecule has 3 N–H and O–H groups in total. The molecule has 0 spiro atoms. The number of nitrogens with zero attached hydrogens (tertiary/aromatic N) is 2. The topological polar surface area (TPSA) is 84.0 Å². The van der Waals surface area contributed by atoms with Crippen LogP contribution in [0, 0.1) is 17.2 Å². The van der Waals surface area contributed by atoms with Crippen LogP contribution in [0.2, 0.25) is 0 Å². The van der Waals surface area contributed by atoms with Crippen molar-refractivity contribution in [2.75, 3.05) is 26.7 Å². The van der Waals surface area contributed by atoms with Crippen LogP contribution in [0.1, 0.15) is 37.3 Å². The molecule has 138 valence electrons. The molecule has 0 bridgehead atoms. The molecule has 6 heteroatoms. The zero-order chi connectivity index (χ0) is 18.7. The number of hydrogen-bond donors (Lipinski definition) is 3. The van der Waals surface area contributed by atoms with E-state index in [4.69, 9.17) is 5.26 Å². The van der Waals surface area contributed by atoms with Crippen molar-refractivity contribution in [3.63, 3.8) is 0 Å². The minimum absolute atomic E-state index is 0.00550. The molecule has 1 aliphatic rings. The molecule has 1 saturated carbocycles. The van der Waals surface area contributed by atoms with Gasteiger partial charge in [0.15, 0.2) is 0 Å². The Bertz CT molecular complexity index is 821. The summed E-state index contributed by atoms with van der Waals surface area (Å²) in [5.74, 6) is 0.933. The summed E-state index contributed by atoms with van der Waals surface area (Å²) >= 11 is 0. The van der Waals surface area contributed by atoms with Crippen LogP contribution in [-0.4, -0.2) is 48.6 Å². The molecule has 26 heavy (non-hydrogen) atoms. The molecule has 2 aromatic rings. The number of amides is 2. The Morgan fingerprint density at radius 1 is 1.50 bits per heavy atom. The first kappa shape index (κ1) is 18.3. The fraction of sp³-hybridized carbons (Fsp3) is 0.500. The average molecular weight is 353 g/mol. The van der Waals surface area contributed by atoms with Gasteiger partial charge < -0.3 is 20.5 Å². The van der Waals surface area contributed by atoms with Crippen LogP contribution in [0.4, 0.5) is 4.79 Å². The van der Waals surface area contributed by atoms with Crippen molar-refractivity contribution in [3.8, 4) is 6.07 Å². The average Bonchev–Trinajstić information content (AvgIpc) is 3.31. The molecule has 6 nitrogen and oxygen atoms in total. The number of nitriles is 1. The van der Waals surface area contributed by atoms with Gasteiger partial charge in [-0.3, -0.25) is 0 Å². The summed E-state index contributed by atoms with van der Waals surface area (Å²) in [7, 11) is 1.89. The number of urea groups is 1. The number of carbonyl (C=O) groups is 1. The predicted molar refractivity (Wildman–Crippen MR) is 103 cm³/mol. The Balaban J connectivity index is 1.63. The number of hydrogen-bond acceptors (Lipinski definition) is 3. The summed E-state index contributed by atoms with van der Waals surface area (Å²) in [6.45, 7) is 6.16. The van der Waals surface area contributed by atoms with E-state index in [-0.39, 0.29) is 12.1 Å². The van der Waals surface area contributed by atoms with Crippen LogP contribution in [0.25, 0.3) is 10.9 Å². The first-order chi connectivity index (χ1) is 12.6. The van der Waals surface area contributed by atoms with Crippen LogP contribution in [-0.2, 0) is 0 Å². The summed E-state index contributed by atoms with van der Waals surface area (Å²) in [5.41, 5.74) is 3.02. The molecule has 1 aliphatic carbocycles. The molecule has 3 atom stereocenters. The van der Waals surface area contributed by atoms with Gasteiger partial charge in [0.25, 0.3) is 0 Å². The fourth-order valence-electron chi connectivity index (χ4n) is 3.44. The Morgan fingerprint density at radius 2 is 2.31 bits per heavy atom. The number of H-pyrrole nitrogens is 1. The van der Waals surface area contributed by atoms with Gasteiger partial charge in [-0.2, -0.15) is 5.26 Å². The highest BCUT2D eigenvalue weighted by atomic mass is 16.2. The smallest absolute Gasteiger partial charge is 0.317 e. The molecule has 2 amide bonds. The molecule has 0 radical (unpaired) electrons. The number of aromatic amines is 1. The molecule has 1 unspecified atom stereocenters. The maximum Gasteiger partial charge on any atom is 0.317 e. The molecule has 1 aromatic carbocycles. The maximum atomic E-state index is 12.4. The van der Waals surface area contributed by atoms with Crippen molar-refractivity contribution in [1.29, 1.82) is 5.26 Å². The first-order valence-corrected chi connectivity index (χ1v) is 9.28. The minimum atomic E-state index is 0.00550. The predicted octanol–water partition coefficient (Wildman–Crippen LogP) is 2.78. The van der Waals surface area contributed by atoms with Crippen molar-refractivity contribution >= 4 is 16.9 Å². The summed E-state index contributed by atoms with van der Waals surface area (Å²) in [5, 5.41) is 16.4. The number of likely N-dealkylation sites (N-methyl/N-ethyl adjacent to an activating group) is 1. The molecule has 1 aromatic heterocycles. The number of benzene rings is 1. The second-order valence-electron chi connectivity index (χ2n) is 7.13. The van der Waals surface area contributed by atoms with E-state index in [9.17, 15) is 4.79 Å². The van der Waals surface area contributed by atoms with Gasteiger partial charge in [0.1, 0.15) is 0 Å². The SMILES string of the molecule is CCN(C[C@@H]1C[C@H]1c1c[nH]c2ccc(C#N)cc12)C(=O)NCC(C)NC. The van der Waals surface area contributed by atoms with E-state index in [1.165, 1.54) is 5.56 Å². The third kappa shape index (κ3) is 3.83. The lowest BCUT2D eigenvalue weighted by atomic mass is 10.1. The molecule has 3 rings (SSSR count). The van der Waals surface area contributed by atoms with E-state index in [0.29, 0.717) is 30.5 Å². The normalized spacial score (nSPS) is 19.8. The second kappa shape index (κ2) is 7.79. The molecule has 1 fully saturated rings. The van der Waals surface area contributed by atoms with Gasteiger partial charge in [0.05, 0.1) is 11.6 Å². The number of rotatable bonds is 7. The Labute approximate surface area is 154 Å². The van der Waals surface area contributed by atoms with E-state index in [0.717, 1.165) is 23.9 Å². The lowest BCUT2D eigenvalue weighted by Crippen LogP contribution is -2.45. The molecular formula is C20H27N5O. The highest BCUT2D eigenvalue weighted by molar-refractivity contribution is 5.85. The third-order valence-electron chi connectivity index (χ3n) is 5.34. The van der Waals surface area contributed by atoms with Crippen LogP contribution in [0.3, 0.4) is 0 Å². The largest absolute Gasteiger partial charge is 0.361 e. The van der Waals surface area contributed by atoms with Gasteiger partial charge >= 0.3 is 6.03 Å². The van der Waals surface area contributed by atoms with Crippen LogP contribution in [0.5, 0.6) is 0 Å². The second-order valence-corrected chi connectivity index (χ2v) is 7.13. The van der Waals surface area contributed by atoms with Gasteiger partial charge in [-0.1, -0.05) is 0 Å². The quantitative estimate of drug-likeness (QED) is 0.716. The molecule has 0 saturated heterocycles. The Hall–Kier alpha value is -2.52. The molecular weight excluding hydrogens is 326 g/mol. The van der Waals surface area contributed by atoms with Crippen molar-refractivity contribution in [2.45, 2.75) is 32.2 Å². The Kier molecular flexibility index (Phi) is 5.48. The molecule has 0 aliphatic heterocycles. The monoisotopic (exact) mass is 353 g/mol. The van der Waals surface area contributed by atoms with Gasteiger partial charge in [0, 0.05) is 42.8 Å². The van der Waals surface area contributed by atoms with Gasteiger partial charge in [-0.25, -0.2) is 4.79 Å². The summed E-state index contributed by atoms with van der Waals surface area (Å²) in [6, 6.07) is 8.23. The number of carbonyl (C=O) groups excluding carboxylic acids is 1. The summed E-state index contributed by atoms with van der Waals surface area (Å²) in [6.07, 6.45) is 3.14. The highest BCUT2D eigenvalue weighted by Crippen LogP contribution is 2.49. The van der Waals surface area contributed by atoms with E-state index in [2.05, 4.69) is 27.9 Å². The Morgan fingerprint density at radius 3 is 3.00 bits per heavy atom. The highest BCUT2D eigenvalue weighted by Gasteiger charge is 2.41. The number of aromatic nitrogens is 1. The minimum Gasteiger partial charge on any atom is -0.361 e. The van der Waals surface area contributed by atoms with Crippen molar-refractivity contribution < 1.29 is 4.79 Å². The van der Waals surface area contributed by atoms with Gasteiger partial charge in [-0.15, -0.1) is 0 Å². The van der Waals surface area contributed by atoms with E-state index < -0.39 is 0 Å². The van der Waals surface area contributed by atoms with E-state index >= 15 is 0 Å². The van der Waals surface area contributed by atoms with Crippen molar-refractivity contribution in [2.24, 2.45) is 5.92 Å². The van der Waals surface area contributed by atoms with Crippen molar-refractivity contribution in [3.05, 3.63) is 35.5 Å². The fourth-order valence-corrected chi connectivity index (χ4v) is 3.44. The van der Waals surface area contributed by atoms with Gasteiger partial charge in [0.2, 0.25) is 0 Å². The zero-order valence-electron chi connectivity index (χ0n) is 15.7. The van der Waals surface area contributed by atoms with Gasteiger partial charge in [-0.05, 0) is 62.9 Å². The van der Waals surface area contributed by atoms with Crippen molar-refractivity contribution in [1.82, 2.24) is 20.5 Å². The van der Waals surface area contributed by atoms with Crippen LogP contribution in [0.15, 0.2) is 24.4 Å². The van der Waals surface area contributed by atoms with Crippen LogP contribution >= 0.6 is 0 Å². The summed E-state index contributed by atoms with van der Waals surface area (Å²) in [4.78, 5) is 17.6.